The van der Waals surface area contributed by atoms with Crippen LogP contribution in [0.15, 0.2) is 243 Å². The summed E-state index contributed by atoms with van der Waals surface area (Å²) in [6.45, 7) is 24.8. The van der Waals surface area contributed by atoms with Crippen molar-refractivity contribution in [2.24, 2.45) is 41.4 Å². The maximum Gasteiger partial charge on any atom is 0.251 e. The van der Waals surface area contributed by atoms with Gasteiger partial charge in [-0.15, -0.1) is 0 Å². The third kappa shape index (κ3) is 20.8. The summed E-state index contributed by atoms with van der Waals surface area (Å²) < 4.78 is 29.7. The molecule has 2 unspecified atom stereocenters. The minimum absolute atomic E-state index is 0.0335. The molecule has 0 saturated heterocycles. The van der Waals surface area contributed by atoms with Gasteiger partial charge in [0.15, 0.2) is 0 Å². The van der Waals surface area contributed by atoms with Gasteiger partial charge in [0, 0.05) is 113 Å². The molecule has 0 aromatic heterocycles. The molecular formula is C115H135N5O10. The van der Waals surface area contributed by atoms with E-state index >= 15 is 0 Å². The van der Waals surface area contributed by atoms with Gasteiger partial charge in [-0.1, -0.05) is 193 Å². The Morgan fingerprint density at radius 3 is 0.646 bits per heavy atom. The van der Waals surface area contributed by atoms with E-state index in [4.69, 9.17) is 23.7 Å². The third-order valence-corrected chi connectivity index (χ3v) is 31.8. The SMILES string of the molecule is Cc1ccc(C(=O)NC(C)C2CCC3(CC2)COc2ccccc23)cc1.Cc1ccc(C(=O)N[C@@H](C)C2CCC3(CC2)COc2ccccc23)cc1.Cc1ccc(C(=O)N[C@H](C)C2CCC3(CC2)COc2ccccc23)cc1.Cc1ccc(NC(=O)C(C)C2CCC3(CC2)COc2ccccc23)cc1.Cc1ccc(NC(=O)[C@H](C)C2CCC3(CC2)COc2ccccc23)cc1. The quantitative estimate of drug-likeness (QED) is 0.0660. The third-order valence-electron chi connectivity index (χ3n) is 31.8. The van der Waals surface area contributed by atoms with Crippen molar-refractivity contribution in [3.63, 3.8) is 0 Å². The molecule has 15 heteroatoms. The summed E-state index contributed by atoms with van der Waals surface area (Å²) in [6.07, 6.45) is 22.4. The number of carbonyl (C=O) groups is 5. The van der Waals surface area contributed by atoms with E-state index in [1.807, 2.05) is 172 Å². The second-order valence-electron chi connectivity index (χ2n) is 40.2. The van der Waals surface area contributed by atoms with Gasteiger partial charge in [0.25, 0.3) is 17.7 Å². The molecule has 5 saturated carbocycles. The molecule has 5 spiro atoms. The van der Waals surface area contributed by atoms with Crippen molar-refractivity contribution in [2.45, 2.75) is 243 Å². The smallest absolute Gasteiger partial charge is 0.251 e. The minimum atomic E-state index is 0.0335. The average molecular weight is 1750 g/mol. The lowest BCUT2D eigenvalue weighted by molar-refractivity contribution is -0.122. The summed E-state index contributed by atoms with van der Waals surface area (Å²) in [5.41, 5.74) is 17.7. The predicted octanol–water partition coefficient (Wildman–Crippen LogP) is 24.1. The Labute approximate surface area is 771 Å². The van der Waals surface area contributed by atoms with Crippen molar-refractivity contribution in [1.82, 2.24) is 16.0 Å². The molecule has 5 N–H and O–H groups in total. The minimum Gasteiger partial charge on any atom is -0.492 e. The molecule has 5 heterocycles. The summed E-state index contributed by atoms with van der Waals surface area (Å²) in [5.74, 6) is 8.21. The molecule has 5 fully saturated rings. The van der Waals surface area contributed by atoms with E-state index in [-0.39, 0.29) is 86.6 Å². The highest BCUT2D eigenvalue weighted by Crippen LogP contribution is 2.55. The number of carbonyl (C=O) groups excluding carboxylic acids is 5. The van der Waals surface area contributed by atoms with Gasteiger partial charge in [-0.3, -0.25) is 24.0 Å². The van der Waals surface area contributed by atoms with Crippen molar-refractivity contribution in [1.29, 1.82) is 0 Å². The Kier molecular flexibility index (Phi) is 28.6. The monoisotopic (exact) mass is 1750 g/mol. The largest absolute Gasteiger partial charge is 0.492 e. The first kappa shape index (κ1) is 91.8. The molecule has 0 bridgehead atoms. The van der Waals surface area contributed by atoms with Crippen LogP contribution in [0.2, 0.25) is 0 Å². The standard InChI is InChI=1S/5C23H27NO2/c3*1-16-7-9-19(10-8-16)22(25)24-17(2)18-11-13-23(14-12-18)15-26-21-6-4-3-5-20(21)23;2*1-16-7-9-19(10-8-16)24-22(25)17(2)18-11-13-23(14-12-18)15-26-21-6-4-3-5-20(21)23/h5*3-10,17-18H,11-15H2,1-2H3,(H,24,25)/t2*17-,18?,23?;;17-,18?,23?;/m10.1./s1. The maximum absolute atomic E-state index is 12.7. The van der Waals surface area contributed by atoms with E-state index in [0.29, 0.717) is 29.6 Å². The van der Waals surface area contributed by atoms with E-state index in [0.717, 1.165) is 218 Å². The zero-order chi connectivity index (χ0) is 90.7. The first-order chi connectivity index (χ1) is 62.9. The first-order valence-electron chi connectivity index (χ1n) is 48.4. The molecule has 130 heavy (non-hydrogen) atoms. The van der Waals surface area contributed by atoms with Crippen LogP contribution in [-0.2, 0) is 36.7 Å². The second kappa shape index (κ2) is 40.5. The molecule has 20 rings (SSSR count). The number of benzene rings is 10. The fourth-order valence-electron chi connectivity index (χ4n) is 22.7. The van der Waals surface area contributed by atoms with E-state index < -0.39 is 0 Å². The lowest BCUT2D eigenvalue weighted by atomic mass is 9.65. The van der Waals surface area contributed by atoms with Crippen LogP contribution >= 0.6 is 0 Å². The van der Waals surface area contributed by atoms with E-state index in [9.17, 15) is 24.0 Å². The summed E-state index contributed by atoms with van der Waals surface area (Å²) in [4.78, 5) is 62.8. The number of hydrogen-bond donors (Lipinski definition) is 5. The van der Waals surface area contributed by atoms with Crippen molar-refractivity contribution >= 4 is 40.9 Å². The lowest BCUT2D eigenvalue weighted by Gasteiger charge is -2.38. The number of aryl methyl sites for hydroxylation is 5. The topological polar surface area (TPSA) is 192 Å². The number of anilines is 2. The molecule has 680 valence electrons. The average Bonchev–Trinajstić information content (AvgIpc) is 1.63. The Morgan fingerprint density at radius 2 is 0.438 bits per heavy atom. The zero-order valence-electron chi connectivity index (χ0n) is 78.1. The van der Waals surface area contributed by atoms with Crippen molar-refractivity contribution < 1.29 is 47.7 Å². The molecule has 5 amide bonds. The van der Waals surface area contributed by atoms with Crippen LogP contribution in [0.3, 0.4) is 0 Å². The van der Waals surface area contributed by atoms with Gasteiger partial charge in [0.1, 0.15) is 28.7 Å². The van der Waals surface area contributed by atoms with Crippen molar-refractivity contribution in [3.05, 3.63) is 315 Å². The number of hydrogen-bond acceptors (Lipinski definition) is 10. The molecule has 10 aromatic carbocycles. The highest BCUT2D eigenvalue weighted by Gasteiger charge is 2.50. The number of fused-ring (bicyclic) bond motifs is 10. The van der Waals surface area contributed by atoms with Crippen LogP contribution in [0.25, 0.3) is 0 Å². The fraction of sp³-hybridized carbons (Fsp3) is 0.435. The summed E-state index contributed by atoms with van der Waals surface area (Å²) in [5, 5.41) is 15.8. The Balaban J connectivity index is 0.000000119. The summed E-state index contributed by atoms with van der Waals surface area (Å²) >= 11 is 0. The zero-order valence-corrected chi connectivity index (χ0v) is 78.1. The van der Waals surface area contributed by atoms with Gasteiger partial charge in [-0.25, -0.2) is 0 Å². The van der Waals surface area contributed by atoms with Crippen LogP contribution in [0.4, 0.5) is 11.4 Å². The molecule has 5 atom stereocenters. The normalized spacial score (nSPS) is 25.4. The maximum atomic E-state index is 12.7. The van der Waals surface area contributed by atoms with Gasteiger partial charge in [-0.05, 0) is 304 Å². The van der Waals surface area contributed by atoms with Crippen LogP contribution in [0.1, 0.15) is 250 Å². The van der Waals surface area contributed by atoms with Crippen LogP contribution in [-0.4, -0.2) is 80.7 Å². The van der Waals surface area contributed by atoms with Crippen LogP contribution in [0.5, 0.6) is 28.7 Å². The summed E-state index contributed by atoms with van der Waals surface area (Å²) in [6, 6.07) is 82.3. The van der Waals surface area contributed by atoms with Gasteiger partial charge in [0.05, 0.1) is 33.0 Å². The lowest BCUT2D eigenvalue weighted by Crippen LogP contribution is -2.42. The molecular weight excluding hydrogens is 1610 g/mol. The highest BCUT2D eigenvalue weighted by molar-refractivity contribution is 5.96. The van der Waals surface area contributed by atoms with E-state index in [1.54, 1.807) is 0 Å². The molecule has 15 nitrogen and oxygen atoms in total. The predicted molar refractivity (Wildman–Crippen MR) is 520 cm³/mol. The first-order valence-corrected chi connectivity index (χ1v) is 48.4. The Morgan fingerprint density at radius 1 is 0.254 bits per heavy atom. The van der Waals surface area contributed by atoms with Crippen LogP contribution < -0.4 is 50.3 Å². The van der Waals surface area contributed by atoms with E-state index in [2.05, 4.69) is 166 Å². The van der Waals surface area contributed by atoms with Crippen LogP contribution in [0, 0.1) is 76.0 Å². The van der Waals surface area contributed by atoms with Gasteiger partial charge in [-0.2, -0.15) is 0 Å². The number of para-hydroxylation sites is 5. The van der Waals surface area contributed by atoms with Gasteiger partial charge in [0.2, 0.25) is 11.8 Å². The number of rotatable bonds is 15. The van der Waals surface area contributed by atoms with Crippen molar-refractivity contribution in [3.8, 4) is 28.7 Å². The molecule has 10 aliphatic rings. The Hall–Kier alpha value is -11.5. The van der Waals surface area contributed by atoms with E-state index in [1.165, 1.54) is 55.6 Å². The van der Waals surface area contributed by atoms with Gasteiger partial charge < -0.3 is 50.3 Å². The van der Waals surface area contributed by atoms with Gasteiger partial charge >= 0.3 is 0 Å². The number of amides is 5. The fourth-order valence-corrected chi connectivity index (χ4v) is 22.7. The molecule has 5 aliphatic carbocycles. The highest BCUT2D eigenvalue weighted by atomic mass is 16.5. The Bertz CT molecular complexity index is 5070. The molecule has 5 aliphatic heterocycles. The van der Waals surface area contributed by atoms with Crippen molar-refractivity contribution in [2.75, 3.05) is 43.7 Å². The molecule has 0 radical (unpaired) electrons. The number of nitrogens with one attached hydrogen (secondary N) is 5. The second-order valence-corrected chi connectivity index (χ2v) is 40.2. The number of ether oxygens (including phenoxy) is 5. The summed E-state index contributed by atoms with van der Waals surface area (Å²) in [7, 11) is 0. The molecule has 10 aromatic rings.